The molecular weight excluding hydrogens is 983 g/mol. The van der Waals surface area contributed by atoms with Gasteiger partial charge >= 0.3 is 5.97 Å². The maximum atomic E-state index is 12.6. The van der Waals surface area contributed by atoms with Crippen LogP contribution in [0.5, 0.6) is 0 Å². The van der Waals surface area contributed by atoms with Crippen LogP contribution in [0.1, 0.15) is 425 Å². The first kappa shape index (κ1) is 78.6. The molecule has 0 fully saturated rings. The summed E-state index contributed by atoms with van der Waals surface area (Å²) in [6.07, 6.45) is 87.0. The van der Waals surface area contributed by atoms with Gasteiger partial charge in [-0.05, 0) is 51.4 Å². The van der Waals surface area contributed by atoms with E-state index in [1.165, 1.54) is 353 Å². The summed E-state index contributed by atoms with van der Waals surface area (Å²) in [4.78, 5) is 24.6. The fraction of sp³-hybridized carbons (Fsp3) is 0.946. The summed E-state index contributed by atoms with van der Waals surface area (Å²) in [6, 6.07) is -0.541. The predicted octanol–water partition coefficient (Wildman–Crippen LogP) is 23.9. The number of allylic oxidation sites excluding steroid dienone is 2. The number of carbonyl (C=O) groups is 2. The monoisotopic (exact) mass is 1130 g/mol. The van der Waals surface area contributed by atoms with Gasteiger partial charge in [-0.15, -0.1) is 0 Å². The topological polar surface area (TPSA) is 95.9 Å². The Morgan fingerprint density at radius 3 is 0.887 bits per heavy atom. The van der Waals surface area contributed by atoms with E-state index in [9.17, 15) is 19.8 Å². The van der Waals surface area contributed by atoms with Crippen LogP contribution in [0.4, 0.5) is 0 Å². The van der Waals surface area contributed by atoms with E-state index in [1.807, 2.05) is 0 Å². The van der Waals surface area contributed by atoms with E-state index < -0.39 is 12.1 Å². The number of unbranched alkanes of at least 4 members (excludes halogenated alkanes) is 57. The van der Waals surface area contributed by atoms with Gasteiger partial charge in [-0.1, -0.05) is 373 Å². The zero-order chi connectivity index (χ0) is 57.8. The minimum Gasteiger partial charge on any atom is -0.466 e. The molecule has 0 heterocycles. The fourth-order valence-corrected chi connectivity index (χ4v) is 11.9. The second-order valence-corrected chi connectivity index (χ2v) is 25.6. The number of rotatable bonds is 70. The van der Waals surface area contributed by atoms with Crippen LogP contribution in [0.25, 0.3) is 0 Å². The van der Waals surface area contributed by atoms with Gasteiger partial charge in [-0.3, -0.25) is 9.59 Å². The molecule has 2 atom stereocenters. The number of nitrogens with one attached hydrogen (secondary N) is 1. The van der Waals surface area contributed by atoms with Gasteiger partial charge in [-0.2, -0.15) is 0 Å². The summed E-state index contributed by atoms with van der Waals surface area (Å²) in [5, 5.41) is 23.4. The molecule has 476 valence electrons. The molecule has 0 aromatic rings. The molecule has 0 aromatic carbocycles. The smallest absolute Gasteiger partial charge is 0.305 e. The molecule has 3 N–H and O–H groups in total. The van der Waals surface area contributed by atoms with E-state index in [2.05, 4.69) is 31.3 Å². The zero-order valence-electron chi connectivity index (χ0n) is 54.6. The van der Waals surface area contributed by atoms with Crippen molar-refractivity contribution in [3.05, 3.63) is 12.2 Å². The summed E-state index contributed by atoms with van der Waals surface area (Å²) in [5.41, 5.74) is 0. The van der Waals surface area contributed by atoms with Crippen LogP contribution in [-0.4, -0.2) is 47.4 Å². The molecule has 6 heteroatoms. The Morgan fingerprint density at radius 2 is 0.588 bits per heavy atom. The highest BCUT2D eigenvalue weighted by molar-refractivity contribution is 5.76. The van der Waals surface area contributed by atoms with E-state index in [-0.39, 0.29) is 18.5 Å². The number of hydrogen-bond donors (Lipinski definition) is 3. The summed E-state index contributed by atoms with van der Waals surface area (Å²) in [6.45, 7) is 5.00. The minimum atomic E-state index is -0.664. The van der Waals surface area contributed by atoms with Crippen LogP contribution in [0.3, 0.4) is 0 Å². The summed E-state index contributed by atoms with van der Waals surface area (Å²) >= 11 is 0. The van der Waals surface area contributed by atoms with Crippen molar-refractivity contribution >= 4 is 11.9 Å². The zero-order valence-corrected chi connectivity index (χ0v) is 54.6. The van der Waals surface area contributed by atoms with Crippen LogP contribution in [0.15, 0.2) is 12.2 Å². The van der Waals surface area contributed by atoms with Gasteiger partial charge in [0.15, 0.2) is 0 Å². The SMILES string of the molecule is CCCCCCCCCCCCCCCCCCCCCCCCC(O)C(CO)NC(=O)CCCCCCCCCCCCCCC/C=C\CCCCCCCCCCCCCCOC(=O)CCCCCCCCCCCCCC. The Labute approximate surface area is 501 Å². The lowest BCUT2D eigenvalue weighted by Crippen LogP contribution is -2.45. The maximum absolute atomic E-state index is 12.6. The van der Waals surface area contributed by atoms with Crippen molar-refractivity contribution in [1.29, 1.82) is 0 Å². The molecule has 0 aliphatic carbocycles. The van der Waals surface area contributed by atoms with Gasteiger partial charge in [0.2, 0.25) is 5.91 Å². The molecule has 6 nitrogen and oxygen atoms in total. The molecule has 0 saturated heterocycles. The van der Waals surface area contributed by atoms with Gasteiger partial charge in [0.25, 0.3) is 0 Å². The third-order valence-corrected chi connectivity index (χ3v) is 17.6. The Kier molecular flexibility index (Phi) is 68.9. The van der Waals surface area contributed by atoms with Gasteiger partial charge < -0.3 is 20.3 Å². The molecule has 0 aliphatic rings. The number of carbonyl (C=O) groups excluding carboxylic acids is 2. The molecule has 0 saturated carbocycles. The van der Waals surface area contributed by atoms with Gasteiger partial charge in [0.1, 0.15) is 0 Å². The Hall–Kier alpha value is -1.40. The number of aliphatic hydroxyl groups is 2. The first-order valence-electron chi connectivity index (χ1n) is 36.9. The van der Waals surface area contributed by atoms with Crippen LogP contribution in [-0.2, 0) is 14.3 Å². The quantitative estimate of drug-likeness (QED) is 0.0320. The van der Waals surface area contributed by atoms with Crippen molar-refractivity contribution in [1.82, 2.24) is 5.32 Å². The van der Waals surface area contributed by atoms with Crippen molar-refractivity contribution < 1.29 is 24.5 Å². The van der Waals surface area contributed by atoms with E-state index in [1.54, 1.807) is 0 Å². The molecule has 0 bridgehead atoms. The molecule has 0 aliphatic heterocycles. The van der Waals surface area contributed by atoms with Crippen molar-refractivity contribution in [2.45, 2.75) is 437 Å². The van der Waals surface area contributed by atoms with Crippen molar-refractivity contribution in [3.63, 3.8) is 0 Å². The largest absolute Gasteiger partial charge is 0.466 e. The molecule has 0 aromatic heterocycles. The van der Waals surface area contributed by atoms with Crippen molar-refractivity contribution in [2.24, 2.45) is 0 Å². The second kappa shape index (κ2) is 70.1. The molecule has 0 radical (unpaired) electrons. The normalized spacial score (nSPS) is 12.5. The molecule has 0 spiro atoms. The van der Waals surface area contributed by atoms with E-state index in [0.29, 0.717) is 25.9 Å². The average molecular weight is 1130 g/mol. The number of esters is 1. The Balaban J connectivity index is 3.37. The van der Waals surface area contributed by atoms with Gasteiger partial charge in [0, 0.05) is 12.8 Å². The minimum absolute atomic E-state index is 0.0183. The van der Waals surface area contributed by atoms with Crippen molar-refractivity contribution in [2.75, 3.05) is 13.2 Å². The number of amides is 1. The van der Waals surface area contributed by atoms with Crippen LogP contribution in [0, 0.1) is 0 Å². The average Bonchev–Trinajstić information content (AvgIpc) is 3.46. The molecule has 2 unspecified atom stereocenters. The van der Waals surface area contributed by atoms with Crippen molar-refractivity contribution in [3.8, 4) is 0 Å². The standard InChI is InChI=1S/C74H145NO5/c1-3-5-7-9-11-13-15-17-18-19-20-21-31-34-37-40-43-46-50-54-58-62-66-72(77)71(70-76)75-73(78)67-63-59-55-51-47-44-41-38-35-32-29-27-25-23-22-24-26-28-30-33-36-39-42-45-49-53-57-61-65-69-80-74(79)68-64-60-56-52-48-16-14-12-10-8-6-4-2/h22,24,71-72,76-77H,3-21,23,25-70H2,1-2H3,(H,75,78)/b24-22-. The van der Waals surface area contributed by atoms with Gasteiger partial charge in [-0.25, -0.2) is 0 Å². The first-order chi connectivity index (χ1) is 39.5. The summed E-state index contributed by atoms with van der Waals surface area (Å²) < 4.78 is 5.48. The second-order valence-electron chi connectivity index (χ2n) is 25.6. The highest BCUT2D eigenvalue weighted by atomic mass is 16.5. The number of ether oxygens (including phenoxy) is 1. The molecule has 80 heavy (non-hydrogen) atoms. The number of aliphatic hydroxyl groups excluding tert-OH is 2. The summed E-state index contributed by atoms with van der Waals surface area (Å²) in [5.74, 6) is -0.0105. The van der Waals surface area contributed by atoms with Crippen LogP contribution in [0.2, 0.25) is 0 Å². The highest BCUT2D eigenvalue weighted by Crippen LogP contribution is 2.19. The van der Waals surface area contributed by atoms with Gasteiger partial charge in [0.05, 0.1) is 25.4 Å². The Morgan fingerprint density at radius 1 is 0.338 bits per heavy atom. The van der Waals surface area contributed by atoms with E-state index in [0.717, 1.165) is 38.5 Å². The first-order valence-corrected chi connectivity index (χ1v) is 36.9. The lowest BCUT2D eigenvalue weighted by atomic mass is 10.0. The summed E-state index contributed by atoms with van der Waals surface area (Å²) in [7, 11) is 0. The fourth-order valence-electron chi connectivity index (χ4n) is 11.9. The molecule has 1 amide bonds. The van der Waals surface area contributed by atoms with E-state index in [4.69, 9.17) is 4.74 Å². The molecule has 0 rings (SSSR count). The lowest BCUT2D eigenvalue weighted by molar-refractivity contribution is -0.143. The third kappa shape index (κ3) is 65.7. The number of hydrogen-bond acceptors (Lipinski definition) is 5. The third-order valence-electron chi connectivity index (χ3n) is 17.6. The lowest BCUT2D eigenvalue weighted by Gasteiger charge is -2.22. The predicted molar refractivity (Wildman–Crippen MR) is 352 cm³/mol. The molecular formula is C74H145NO5. The van der Waals surface area contributed by atoms with Crippen LogP contribution >= 0.6 is 0 Å². The highest BCUT2D eigenvalue weighted by Gasteiger charge is 2.20. The Bertz CT molecular complexity index is 1210. The van der Waals surface area contributed by atoms with E-state index >= 15 is 0 Å². The van der Waals surface area contributed by atoms with Crippen LogP contribution < -0.4 is 5.32 Å². The maximum Gasteiger partial charge on any atom is 0.305 e.